The SMILES string of the molecule is CN(C(=O)Cn1nc(Cc2ccccc2)c2ccccc2c1=O)c1ccccc1. The van der Waals surface area contributed by atoms with Crippen LogP contribution in [-0.2, 0) is 17.8 Å². The molecule has 0 aliphatic rings. The number of para-hydroxylation sites is 1. The number of anilines is 1. The third-order valence-electron chi connectivity index (χ3n) is 4.96. The zero-order valence-electron chi connectivity index (χ0n) is 16.2. The van der Waals surface area contributed by atoms with Gasteiger partial charge >= 0.3 is 0 Å². The Morgan fingerprint density at radius 1 is 0.862 bits per heavy atom. The van der Waals surface area contributed by atoms with E-state index in [-0.39, 0.29) is 18.0 Å². The Balaban J connectivity index is 1.72. The zero-order chi connectivity index (χ0) is 20.2. The van der Waals surface area contributed by atoms with Crippen molar-refractivity contribution in [3.05, 3.63) is 107 Å². The van der Waals surface area contributed by atoms with Gasteiger partial charge in [0.05, 0.1) is 11.1 Å². The lowest BCUT2D eigenvalue weighted by Crippen LogP contribution is -2.35. The summed E-state index contributed by atoms with van der Waals surface area (Å²) in [7, 11) is 1.70. The molecule has 0 fully saturated rings. The van der Waals surface area contributed by atoms with E-state index >= 15 is 0 Å². The maximum Gasteiger partial charge on any atom is 0.275 e. The van der Waals surface area contributed by atoms with Gasteiger partial charge in [-0.3, -0.25) is 9.59 Å². The highest BCUT2D eigenvalue weighted by atomic mass is 16.2. The maximum atomic E-state index is 13.0. The first-order valence-corrected chi connectivity index (χ1v) is 9.48. The average Bonchev–Trinajstić information content (AvgIpc) is 2.77. The van der Waals surface area contributed by atoms with Crippen LogP contribution in [0.2, 0.25) is 0 Å². The minimum atomic E-state index is -0.257. The topological polar surface area (TPSA) is 55.2 Å². The summed E-state index contributed by atoms with van der Waals surface area (Å²) < 4.78 is 1.28. The van der Waals surface area contributed by atoms with E-state index in [1.165, 1.54) is 4.68 Å². The van der Waals surface area contributed by atoms with Gasteiger partial charge in [-0.05, 0) is 23.8 Å². The fourth-order valence-corrected chi connectivity index (χ4v) is 3.36. The van der Waals surface area contributed by atoms with E-state index in [4.69, 9.17) is 0 Å². The van der Waals surface area contributed by atoms with Crippen LogP contribution in [0.3, 0.4) is 0 Å². The molecule has 0 saturated heterocycles. The Labute approximate surface area is 168 Å². The van der Waals surface area contributed by atoms with Gasteiger partial charge in [0.2, 0.25) is 5.91 Å². The highest BCUT2D eigenvalue weighted by Crippen LogP contribution is 2.17. The number of amides is 1. The third-order valence-corrected chi connectivity index (χ3v) is 4.96. The summed E-state index contributed by atoms with van der Waals surface area (Å²) in [5.41, 5.74) is 2.40. The molecule has 0 N–H and O–H groups in total. The summed E-state index contributed by atoms with van der Waals surface area (Å²) in [5.74, 6) is -0.202. The normalized spacial score (nSPS) is 10.8. The van der Waals surface area contributed by atoms with Crippen LogP contribution >= 0.6 is 0 Å². The summed E-state index contributed by atoms with van der Waals surface area (Å²) in [4.78, 5) is 27.3. The maximum absolute atomic E-state index is 13.0. The molecule has 0 atom stereocenters. The highest BCUT2D eigenvalue weighted by molar-refractivity contribution is 5.92. The third kappa shape index (κ3) is 3.94. The van der Waals surface area contributed by atoms with E-state index in [1.807, 2.05) is 78.9 Å². The Morgan fingerprint density at radius 3 is 2.14 bits per heavy atom. The van der Waals surface area contributed by atoms with Crippen molar-refractivity contribution < 1.29 is 4.79 Å². The smallest absolute Gasteiger partial charge is 0.275 e. The Morgan fingerprint density at radius 2 is 1.45 bits per heavy atom. The van der Waals surface area contributed by atoms with Gasteiger partial charge in [0.15, 0.2) is 0 Å². The lowest BCUT2D eigenvalue weighted by molar-refractivity contribution is -0.119. The summed E-state index contributed by atoms with van der Waals surface area (Å²) >= 11 is 0. The van der Waals surface area contributed by atoms with Crippen LogP contribution in [0.15, 0.2) is 89.7 Å². The van der Waals surface area contributed by atoms with Crippen molar-refractivity contribution >= 4 is 22.4 Å². The van der Waals surface area contributed by atoms with Gasteiger partial charge in [0, 0.05) is 24.5 Å². The highest BCUT2D eigenvalue weighted by Gasteiger charge is 2.16. The van der Waals surface area contributed by atoms with Crippen molar-refractivity contribution in [2.45, 2.75) is 13.0 Å². The largest absolute Gasteiger partial charge is 0.314 e. The van der Waals surface area contributed by atoms with Crippen LogP contribution in [0.4, 0.5) is 5.69 Å². The number of rotatable bonds is 5. The van der Waals surface area contributed by atoms with Crippen molar-refractivity contribution in [1.82, 2.24) is 9.78 Å². The molecule has 1 heterocycles. The van der Waals surface area contributed by atoms with Gasteiger partial charge in [-0.2, -0.15) is 5.10 Å². The first-order valence-electron chi connectivity index (χ1n) is 9.48. The van der Waals surface area contributed by atoms with E-state index in [0.717, 1.165) is 22.3 Å². The lowest BCUT2D eigenvalue weighted by atomic mass is 10.0. The number of carbonyl (C=O) groups is 1. The van der Waals surface area contributed by atoms with E-state index in [1.54, 1.807) is 18.0 Å². The van der Waals surface area contributed by atoms with Crippen LogP contribution in [0, 0.1) is 0 Å². The number of fused-ring (bicyclic) bond motifs is 1. The molecule has 0 radical (unpaired) electrons. The predicted octanol–water partition coefficient (Wildman–Crippen LogP) is 3.65. The summed E-state index contributed by atoms with van der Waals surface area (Å²) in [6.07, 6.45) is 0.588. The van der Waals surface area contributed by atoms with E-state index in [2.05, 4.69) is 5.10 Å². The number of hydrogen-bond acceptors (Lipinski definition) is 3. The van der Waals surface area contributed by atoms with Crippen molar-refractivity contribution in [3.63, 3.8) is 0 Å². The molecule has 5 heteroatoms. The summed E-state index contributed by atoms with van der Waals surface area (Å²) in [5, 5.41) is 5.96. The molecule has 3 aromatic carbocycles. The Bertz CT molecular complexity index is 1200. The molecule has 0 spiro atoms. The van der Waals surface area contributed by atoms with Gasteiger partial charge in [-0.1, -0.05) is 66.7 Å². The van der Waals surface area contributed by atoms with Crippen LogP contribution in [0.1, 0.15) is 11.3 Å². The molecular formula is C24H21N3O2. The second-order valence-electron chi connectivity index (χ2n) is 6.91. The van der Waals surface area contributed by atoms with Crippen LogP contribution in [0.5, 0.6) is 0 Å². The molecular weight excluding hydrogens is 362 g/mol. The molecule has 29 heavy (non-hydrogen) atoms. The molecule has 1 aromatic heterocycles. The molecule has 0 bridgehead atoms. The molecule has 1 amide bonds. The van der Waals surface area contributed by atoms with Gasteiger partial charge in [0.25, 0.3) is 5.56 Å². The number of benzene rings is 3. The second-order valence-corrected chi connectivity index (χ2v) is 6.91. The number of hydrogen-bond donors (Lipinski definition) is 0. The van der Waals surface area contributed by atoms with Crippen molar-refractivity contribution in [3.8, 4) is 0 Å². The molecule has 4 aromatic rings. The average molecular weight is 383 g/mol. The molecule has 0 saturated carbocycles. The first kappa shape index (κ1) is 18.6. The van der Waals surface area contributed by atoms with Crippen molar-refractivity contribution in [2.24, 2.45) is 0 Å². The minimum absolute atomic E-state index is 0.114. The number of carbonyl (C=O) groups excluding carboxylic acids is 1. The Kier molecular flexibility index (Phi) is 5.20. The standard InChI is InChI=1S/C24H21N3O2/c1-26(19-12-6-3-7-13-19)23(28)17-27-24(29)21-15-9-8-14-20(21)22(25-27)16-18-10-4-2-5-11-18/h2-15H,16-17H2,1H3. The summed E-state index contributed by atoms with van der Waals surface area (Å²) in [6, 6.07) is 26.8. The van der Waals surface area contributed by atoms with E-state index in [9.17, 15) is 9.59 Å². The quantitative estimate of drug-likeness (QED) is 0.529. The number of likely N-dealkylation sites (N-methyl/N-ethyl adjacent to an activating group) is 1. The molecule has 144 valence electrons. The minimum Gasteiger partial charge on any atom is -0.314 e. The van der Waals surface area contributed by atoms with Gasteiger partial charge < -0.3 is 4.90 Å². The van der Waals surface area contributed by atoms with E-state index < -0.39 is 0 Å². The monoisotopic (exact) mass is 383 g/mol. The molecule has 0 aliphatic heterocycles. The van der Waals surface area contributed by atoms with Crippen LogP contribution in [0.25, 0.3) is 10.8 Å². The molecule has 4 rings (SSSR count). The first-order chi connectivity index (χ1) is 14.1. The predicted molar refractivity (Wildman–Crippen MR) is 115 cm³/mol. The molecule has 5 nitrogen and oxygen atoms in total. The molecule has 0 aliphatic carbocycles. The second kappa shape index (κ2) is 8.10. The number of nitrogens with zero attached hydrogens (tertiary/aromatic N) is 3. The summed E-state index contributed by atoms with van der Waals surface area (Å²) in [6.45, 7) is -0.114. The van der Waals surface area contributed by atoms with E-state index in [0.29, 0.717) is 11.8 Å². The van der Waals surface area contributed by atoms with Gasteiger partial charge in [-0.15, -0.1) is 0 Å². The lowest BCUT2D eigenvalue weighted by Gasteiger charge is -2.18. The van der Waals surface area contributed by atoms with Crippen molar-refractivity contribution in [1.29, 1.82) is 0 Å². The van der Waals surface area contributed by atoms with Crippen LogP contribution < -0.4 is 10.5 Å². The van der Waals surface area contributed by atoms with Gasteiger partial charge in [-0.25, -0.2) is 4.68 Å². The fourth-order valence-electron chi connectivity index (χ4n) is 3.36. The van der Waals surface area contributed by atoms with Crippen LogP contribution in [-0.4, -0.2) is 22.7 Å². The van der Waals surface area contributed by atoms with Gasteiger partial charge in [0.1, 0.15) is 6.54 Å². The molecule has 0 unspecified atom stereocenters. The van der Waals surface area contributed by atoms with Crippen molar-refractivity contribution in [2.75, 3.05) is 11.9 Å². The fraction of sp³-hybridized carbons (Fsp3) is 0.125. The number of aromatic nitrogens is 2. The Hall–Kier alpha value is -3.73. The zero-order valence-corrected chi connectivity index (χ0v) is 16.2.